The number of aliphatic hydroxyl groups excluding tert-OH is 1. The van der Waals surface area contributed by atoms with Crippen LogP contribution >= 0.6 is 0 Å². The van der Waals surface area contributed by atoms with Crippen molar-refractivity contribution >= 4 is 0 Å². The Kier molecular flexibility index (Phi) is 4.97. The van der Waals surface area contributed by atoms with E-state index in [1.165, 1.54) is 0 Å². The molecule has 0 spiro atoms. The molecular weight excluding hydrogens is 200 g/mol. The highest BCUT2D eigenvalue weighted by atomic mass is 16.3. The molecule has 1 aromatic carbocycles. The summed E-state index contributed by atoms with van der Waals surface area (Å²) in [6.45, 7) is 5.24. The van der Waals surface area contributed by atoms with Crippen LogP contribution in [0.2, 0.25) is 0 Å². The van der Waals surface area contributed by atoms with Gasteiger partial charge in [0.05, 0.1) is 17.7 Å². The Hall–Kier alpha value is -1.37. The van der Waals surface area contributed by atoms with E-state index < -0.39 is 0 Å². The van der Waals surface area contributed by atoms with Gasteiger partial charge in [-0.15, -0.1) is 0 Å². The highest BCUT2D eigenvalue weighted by Crippen LogP contribution is 2.04. The zero-order valence-electron chi connectivity index (χ0n) is 9.77. The lowest BCUT2D eigenvalue weighted by Crippen LogP contribution is -2.30. The molecule has 1 atom stereocenters. The quantitative estimate of drug-likeness (QED) is 0.790. The molecule has 1 unspecified atom stereocenters. The van der Waals surface area contributed by atoms with Crippen molar-refractivity contribution in [1.29, 1.82) is 5.26 Å². The molecule has 0 aliphatic heterocycles. The summed E-state index contributed by atoms with van der Waals surface area (Å²) in [4.78, 5) is 0. The minimum absolute atomic E-state index is 0.262. The Bertz CT molecular complexity index is 368. The van der Waals surface area contributed by atoms with Crippen LogP contribution in [0.25, 0.3) is 0 Å². The van der Waals surface area contributed by atoms with Gasteiger partial charge in [0.15, 0.2) is 0 Å². The van der Waals surface area contributed by atoms with Gasteiger partial charge < -0.3 is 10.4 Å². The van der Waals surface area contributed by atoms with Crippen LogP contribution in [-0.4, -0.2) is 17.8 Å². The van der Waals surface area contributed by atoms with Gasteiger partial charge in [-0.05, 0) is 23.6 Å². The summed E-state index contributed by atoms with van der Waals surface area (Å²) >= 11 is 0. The number of nitrogens with one attached hydrogen (secondary N) is 1. The molecule has 0 aliphatic rings. The summed E-state index contributed by atoms with van der Waals surface area (Å²) in [6, 6.07) is 9.59. The molecule has 3 nitrogen and oxygen atoms in total. The largest absolute Gasteiger partial charge is 0.392 e. The highest BCUT2D eigenvalue weighted by Gasteiger charge is 2.07. The van der Waals surface area contributed by atoms with Crippen LogP contribution in [0, 0.1) is 17.2 Å². The van der Waals surface area contributed by atoms with E-state index in [9.17, 15) is 5.11 Å². The van der Waals surface area contributed by atoms with E-state index in [1.807, 2.05) is 32.0 Å². The van der Waals surface area contributed by atoms with Crippen molar-refractivity contribution in [3.05, 3.63) is 35.4 Å². The molecule has 0 heterocycles. The minimum Gasteiger partial charge on any atom is -0.392 e. The normalized spacial score (nSPS) is 12.4. The molecule has 16 heavy (non-hydrogen) atoms. The fourth-order valence-electron chi connectivity index (χ4n) is 1.35. The zero-order chi connectivity index (χ0) is 12.0. The first-order valence-corrected chi connectivity index (χ1v) is 5.51. The molecule has 2 N–H and O–H groups in total. The summed E-state index contributed by atoms with van der Waals surface area (Å²) < 4.78 is 0. The summed E-state index contributed by atoms with van der Waals surface area (Å²) in [7, 11) is 0. The molecule has 0 aromatic heterocycles. The number of hydrogen-bond donors (Lipinski definition) is 2. The summed E-state index contributed by atoms with van der Waals surface area (Å²) in [6.07, 6.45) is -0.320. The molecule has 86 valence electrons. The van der Waals surface area contributed by atoms with Gasteiger partial charge in [-0.3, -0.25) is 0 Å². The molecule has 0 saturated carbocycles. The highest BCUT2D eigenvalue weighted by molar-refractivity contribution is 5.32. The Labute approximate surface area is 96.7 Å². The first-order valence-electron chi connectivity index (χ1n) is 5.51. The molecule has 0 amide bonds. The van der Waals surface area contributed by atoms with Crippen molar-refractivity contribution in [2.45, 2.75) is 26.5 Å². The van der Waals surface area contributed by atoms with Gasteiger partial charge in [0.2, 0.25) is 0 Å². The third kappa shape index (κ3) is 4.01. The number of rotatable bonds is 5. The van der Waals surface area contributed by atoms with Crippen LogP contribution in [0.15, 0.2) is 24.3 Å². The fourth-order valence-corrected chi connectivity index (χ4v) is 1.35. The van der Waals surface area contributed by atoms with Crippen molar-refractivity contribution in [2.75, 3.05) is 6.54 Å². The lowest BCUT2D eigenvalue weighted by Gasteiger charge is -2.15. The summed E-state index contributed by atoms with van der Waals surface area (Å²) in [5.74, 6) is 0.262. The van der Waals surface area contributed by atoms with Crippen LogP contribution < -0.4 is 5.32 Å². The van der Waals surface area contributed by atoms with Crippen molar-refractivity contribution in [1.82, 2.24) is 5.32 Å². The molecule has 0 fully saturated rings. The molecule has 0 saturated heterocycles. The van der Waals surface area contributed by atoms with Crippen LogP contribution in [-0.2, 0) is 6.54 Å². The maximum atomic E-state index is 9.59. The molecule has 0 bridgehead atoms. The third-order valence-corrected chi connectivity index (χ3v) is 2.51. The predicted octanol–water partition coefficient (Wildman–Crippen LogP) is 1.66. The van der Waals surface area contributed by atoms with Gasteiger partial charge in [-0.1, -0.05) is 26.0 Å². The molecule has 1 rings (SSSR count). The predicted molar refractivity (Wildman–Crippen MR) is 63.7 cm³/mol. The van der Waals surface area contributed by atoms with Crippen LogP contribution in [0.1, 0.15) is 25.0 Å². The van der Waals surface area contributed by atoms with Crippen molar-refractivity contribution < 1.29 is 5.11 Å². The molecule has 3 heteroatoms. The number of benzene rings is 1. The molecule has 1 aromatic rings. The van der Waals surface area contributed by atoms with Crippen LogP contribution in [0.4, 0.5) is 0 Å². The van der Waals surface area contributed by atoms with Gasteiger partial charge in [0.1, 0.15) is 0 Å². The smallest absolute Gasteiger partial charge is 0.0991 e. The number of aliphatic hydroxyl groups is 1. The Morgan fingerprint density at radius 3 is 2.81 bits per heavy atom. The van der Waals surface area contributed by atoms with Gasteiger partial charge in [-0.25, -0.2) is 0 Å². The van der Waals surface area contributed by atoms with Gasteiger partial charge in [0.25, 0.3) is 0 Å². The number of nitriles is 1. The second kappa shape index (κ2) is 6.26. The molecular formula is C13H18N2O. The Morgan fingerprint density at radius 1 is 1.44 bits per heavy atom. The van der Waals surface area contributed by atoms with Gasteiger partial charge >= 0.3 is 0 Å². The van der Waals surface area contributed by atoms with E-state index in [4.69, 9.17) is 5.26 Å². The fraction of sp³-hybridized carbons (Fsp3) is 0.462. The van der Waals surface area contributed by atoms with Crippen molar-refractivity contribution in [3.8, 4) is 6.07 Å². The summed E-state index contributed by atoms with van der Waals surface area (Å²) in [5, 5.41) is 21.5. The molecule has 0 aliphatic carbocycles. The second-order valence-electron chi connectivity index (χ2n) is 4.25. The van der Waals surface area contributed by atoms with E-state index in [0.717, 1.165) is 5.56 Å². The van der Waals surface area contributed by atoms with Crippen LogP contribution in [0.3, 0.4) is 0 Å². The molecule has 0 radical (unpaired) electrons. The minimum atomic E-state index is -0.320. The summed E-state index contributed by atoms with van der Waals surface area (Å²) in [5.41, 5.74) is 1.73. The van der Waals surface area contributed by atoms with E-state index in [-0.39, 0.29) is 12.0 Å². The SMILES string of the molecule is CC(C)C(O)CNCc1cccc(C#N)c1. The monoisotopic (exact) mass is 218 g/mol. The zero-order valence-corrected chi connectivity index (χ0v) is 9.77. The third-order valence-electron chi connectivity index (χ3n) is 2.51. The number of hydrogen-bond acceptors (Lipinski definition) is 3. The average molecular weight is 218 g/mol. The first-order chi connectivity index (χ1) is 7.63. The van der Waals surface area contributed by atoms with Crippen molar-refractivity contribution in [3.63, 3.8) is 0 Å². The van der Waals surface area contributed by atoms with E-state index >= 15 is 0 Å². The van der Waals surface area contributed by atoms with E-state index in [0.29, 0.717) is 18.7 Å². The maximum absolute atomic E-state index is 9.59. The Balaban J connectivity index is 2.40. The first kappa shape index (κ1) is 12.7. The second-order valence-corrected chi connectivity index (χ2v) is 4.25. The van der Waals surface area contributed by atoms with Gasteiger partial charge in [0, 0.05) is 13.1 Å². The topological polar surface area (TPSA) is 56.0 Å². The van der Waals surface area contributed by atoms with Crippen molar-refractivity contribution in [2.24, 2.45) is 5.92 Å². The maximum Gasteiger partial charge on any atom is 0.0991 e. The lowest BCUT2D eigenvalue weighted by molar-refractivity contribution is 0.123. The average Bonchev–Trinajstić information content (AvgIpc) is 2.29. The van der Waals surface area contributed by atoms with E-state index in [1.54, 1.807) is 6.07 Å². The van der Waals surface area contributed by atoms with Crippen LogP contribution in [0.5, 0.6) is 0 Å². The standard InChI is InChI=1S/C13H18N2O/c1-10(2)13(16)9-15-8-12-5-3-4-11(6-12)7-14/h3-6,10,13,15-16H,8-9H2,1-2H3. The van der Waals surface area contributed by atoms with E-state index in [2.05, 4.69) is 11.4 Å². The number of nitrogens with zero attached hydrogens (tertiary/aromatic N) is 1. The van der Waals surface area contributed by atoms with Gasteiger partial charge in [-0.2, -0.15) is 5.26 Å². The lowest BCUT2D eigenvalue weighted by atomic mass is 10.1. The Morgan fingerprint density at radius 2 is 2.19 bits per heavy atom.